The molecule has 1 saturated carbocycles. The summed E-state index contributed by atoms with van der Waals surface area (Å²) < 4.78 is 10.6. The monoisotopic (exact) mass is 345 g/mol. The molecule has 0 bridgehead atoms. The molecule has 0 aliphatic heterocycles. The molecule has 0 saturated heterocycles. The highest BCUT2D eigenvalue weighted by Crippen LogP contribution is 2.25. The maximum absolute atomic E-state index is 9.84. The quantitative estimate of drug-likeness (QED) is 0.830. The van der Waals surface area contributed by atoms with Gasteiger partial charge in [0.2, 0.25) is 11.7 Å². The maximum atomic E-state index is 9.84. The molecule has 1 atom stereocenters. The first-order valence-electron chi connectivity index (χ1n) is 9.05. The third kappa shape index (κ3) is 4.80. The molecule has 2 aromatic rings. The molecule has 3 rings (SSSR count). The zero-order valence-electron chi connectivity index (χ0n) is 15.0. The van der Waals surface area contributed by atoms with E-state index < -0.39 is 0 Å². The van der Waals surface area contributed by atoms with E-state index in [-0.39, 0.29) is 6.10 Å². The van der Waals surface area contributed by atoms with Crippen LogP contribution in [-0.4, -0.2) is 45.9 Å². The summed E-state index contributed by atoms with van der Waals surface area (Å²) in [6.07, 6.45) is 5.79. The second kappa shape index (κ2) is 8.45. The number of hydrogen-bond donors (Lipinski definition) is 1. The molecule has 1 unspecified atom stereocenters. The van der Waals surface area contributed by atoms with Gasteiger partial charge in [-0.05, 0) is 44.0 Å². The predicted octanol–water partition coefficient (Wildman–Crippen LogP) is 3.26. The van der Waals surface area contributed by atoms with Crippen molar-refractivity contribution in [3.05, 3.63) is 30.2 Å². The minimum absolute atomic E-state index is 0.370. The van der Waals surface area contributed by atoms with Gasteiger partial charge in [-0.3, -0.25) is 4.90 Å². The van der Waals surface area contributed by atoms with E-state index in [0.29, 0.717) is 30.8 Å². The molecule has 1 N–H and O–H groups in total. The third-order valence-electron chi connectivity index (χ3n) is 4.74. The fraction of sp³-hybridized carbons (Fsp3) is 0.579. The van der Waals surface area contributed by atoms with Crippen LogP contribution in [0.3, 0.4) is 0 Å². The summed E-state index contributed by atoms with van der Waals surface area (Å²) in [4.78, 5) is 6.82. The fourth-order valence-electron chi connectivity index (χ4n) is 3.48. The molecule has 1 aliphatic carbocycles. The van der Waals surface area contributed by atoms with Crippen LogP contribution in [0.2, 0.25) is 0 Å². The normalized spacial score (nSPS) is 17.0. The van der Waals surface area contributed by atoms with Crippen molar-refractivity contribution in [3.8, 4) is 17.1 Å². The van der Waals surface area contributed by atoms with Crippen LogP contribution in [0.25, 0.3) is 11.4 Å². The van der Waals surface area contributed by atoms with Gasteiger partial charge < -0.3 is 14.4 Å². The van der Waals surface area contributed by atoms with E-state index >= 15 is 0 Å². The van der Waals surface area contributed by atoms with Crippen LogP contribution >= 0.6 is 0 Å². The highest BCUT2D eigenvalue weighted by molar-refractivity contribution is 5.55. The van der Waals surface area contributed by atoms with E-state index in [0.717, 1.165) is 11.3 Å². The minimum Gasteiger partial charge on any atom is -0.497 e. The standard InChI is InChI=1S/C19H27N3O3/c1-14(23)12-22(16-6-4-3-5-7-16)13-18-20-19(21-25-18)15-8-10-17(24-2)11-9-15/h8-11,14,16,23H,3-7,12-13H2,1-2H3. The molecule has 0 radical (unpaired) electrons. The number of aliphatic hydroxyl groups is 1. The second-order valence-electron chi connectivity index (χ2n) is 6.81. The average molecular weight is 345 g/mol. The third-order valence-corrected chi connectivity index (χ3v) is 4.74. The van der Waals surface area contributed by atoms with Gasteiger partial charge in [0.05, 0.1) is 19.8 Å². The zero-order valence-corrected chi connectivity index (χ0v) is 15.0. The van der Waals surface area contributed by atoms with E-state index in [1.165, 1.54) is 32.1 Å². The molecule has 1 aliphatic rings. The van der Waals surface area contributed by atoms with Gasteiger partial charge in [0.1, 0.15) is 5.75 Å². The van der Waals surface area contributed by atoms with E-state index in [4.69, 9.17) is 9.26 Å². The van der Waals surface area contributed by atoms with E-state index in [1.807, 2.05) is 31.2 Å². The molecule has 0 amide bonds. The number of rotatable bonds is 7. The summed E-state index contributed by atoms with van der Waals surface area (Å²) in [6.45, 7) is 3.04. The SMILES string of the molecule is COc1ccc(-c2noc(CN(CC(C)O)C3CCCCC3)n2)cc1. The van der Waals surface area contributed by atoms with Crippen molar-refractivity contribution in [1.29, 1.82) is 0 Å². The lowest BCUT2D eigenvalue weighted by atomic mass is 9.94. The molecule has 1 aromatic carbocycles. The smallest absolute Gasteiger partial charge is 0.241 e. The summed E-state index contributed by atoms with van der Waals surface area (Å²) in [7, 11) is 1.64. The first kappa shape index (κ1) is 17.9. The Kier molecular flexibility index (Phi) is 6.04. The molecule has 0 spiro atoms. The Morgan fingerprint density at radius 2 is 1.96 bits per heavy atom. The van der Waals surface area contributed by atoms with Crippen LogP contribution in [0, 0.1) is 0 Å². The summed E-state index contributed by atoms with van der Waals surface area (Å²) in [5.74, 6) is 1.98. The van der Waals surface area contributed by atoms with Crippen molar-refractivity contribution in [2.45, 2.75) is 57.7 Å². The molecular weight excluding hydrogens is 318 g/mol. The Balaban J connectivity index is 1.70. The van der Waals surface area contributed by atoms with E-state index in [2.05, 4.69) is 15.0 Å². The Morgan fingerprint density at radius 1 is 1.24 bits per heavy atom. The van der Waals surface area contributed by atoms with Crippen molar-refractivity contribution in [2.24, 2.45) is 0 Å². The number of nitrogens with zero attached hydrogens (tertiary/aromatic N) is 3. The van der Waals surface area contributed by atoms with Gasteiger partial charge in [-0.1, -0.05) is 24.4 Å². The fourth-order valence-corrected chi connectivity index (χ4v) is 3.48. The molecule has 1 aromatic heterocycles. The lowest BCUT2D eigenvalue weighted by Gasteiger charge is -2.34. The largest absolute Gasteiger partial charge is 0.497 e. The number of aromatic nitrogens is 2. The van der Waals surface area contributed by atoms with Crippen LogP contribution in [0.5, 0.6) is 5.75 Å². The summed E-state index contributed by atoms with van der Waals surface area (Å²) in [5, 5.41) is 13.9. The highest BCUT2D eigenvalue weighted by Gasteiger charge is 2.24. The summed E-state index contributed by atoms with van der Waals surface area (Å²) in [6, 6.07) is 8.09. The molecule has 6 heteroatoms. The number of ether oxygens (including phenoxy) is 1. The van der Waals surface area contributed by atoms with Gasteiger partial charge in [0.25, 0.3) is 0 Å². The molecule has 6 nitrogen and oxygen atoms in total. The first-order valence-corrected chi connectivity index (χ1v) is 9.05. The van der Waals surface area contributed by atoms with Gasteiger partial charge in [0, 0.05) is 18.2 Å². The highest BCUT2D eigenvalue weighted by atomic mass is 16.5. The van der Waals surface area contributed by atoms with Crippen molar-refractivity contribution in [1.82, 2.24) is 15.0 Å². The molecule has 25 heavy (non-hydrogen) atoms. The van der Waals surface area contributed by atoms with Crippen LogP contribution in [0.15, 0.2) is 28.8 Å². The molecule has 136 valence electrons. The molecule has 1 heterocycles. The zero-order chi connectivity index (χ0) is 17.6. The topological polar surface area (TPSA) is 71.6 Å². The van der Waals surface area contributed by atoms with Gasteiger partial charge in [-0.25, -0.2) is 0 Å². The first-order chi connectivity index (χ1) is 12.2. The Bertz CT molecular complexity index is 648. The minimum atomic E-state index is -0.370. The van der Waals surface area contributed by atoms with Gasteiger partial charge in [-0.15, -0.1) is 0 Å². The maximum Gasteiger partial charge on any atom is 0.241 e. The lowest BCUT2D eigenvalue weighted by molar-refractivity contribution is 0.0689. The number of aliphatic hydroxyl groups excluding tert-OH is 1. The summed E-state index contributed by atoms with van der Waals surface area (Å²) in [5.41, 5.74) is 0.899. The number of hydrogen-bond acceptors (Lipinski definition) is 6. The van der Waals surface area contributed by atoms with Gasteiger partial charge >= 0.3 is 0 Å². The van der Waals surface area contributed by atoms with Crippen LogP contribution in [0.1, 0.15) is 44.9 Å². The predicted molar refractivity (Wildman–Crippen MR) is 95.2 cm³/mol. The molecule has 1 fully saturated rings. The van der Waals surface area contributed by atoms with Crippen LogP contribution in [0.4, 0.5) is 0 Å². The number of benzene rings is 1. The van der Waals surface area contributed by atoms with Crippen molar-refractivity contribution < 1.29 is 14.4 Å². The van der Waals surface area contributed by atoms with Crippen molar-refractivity contribution in [3.63, 3.8) is 0 Å². The Morgan fingerprint density at radius 3 is 2.60 bits per heavy atom. The number of methoxy groups -OCH3 is 1. The lowest BCUT2D eigenvalue weighted by Crippen LogP contribution is -2.40. The second-order valence-corrected chi connectivity index (χ2v) is 6.81. The van der Waals surface area contributed by atoms with Crippen LogP contribution in [-0.2, 0) is 6.54 Å². The van der Waals surface area contributed by atoms with Gasteiger partial charge in [-0.2, -0.15) is 4.98 Å². The van der Waals surface area contributed by atoms with Crippen molar-refractivity contribution >= 4 is 0 Å². The Hall–Kier alpha value is -1.92. The summed E-state index contributed by atoms with van der Waals surface area (Å²) >= 11 is 0. The van der Waals surface area contributed by atoms with E-state index in [9.17, 15) is 5.11 Å². The molecular formula is C19H27N3O3. The van der Waals surface area contributed by atoms with Crippen molar-refractivity contribution in [2.75, 3.05) is 13.7 Å². The average Bonchev–Trinajstić information content (AvgIpc) is 3.10. The van der Waals surface area contributed by atoms with Gasteiger partial charge in [0.15, 0.2) is 0 Å². The van der Waals surface area contributed by atoms with Crippen LogP contribution < -0.4 is 4.74 Å². The Labute approximate surface area is 148 Å². The van der Waals surface area contributed by atoms with E-state index in [1.54, 1.807) is 7.11 Å².